The van der Waals surface area contributed by atoms with Crippen LogP contribution in [0.4, 0.5) is 0 Å². The van der Waals surface area contributed by atoms with Crippen LogP contribution in [0, 0.1) is 0 Å². The van der Waals surface area contributed by atoms with Crippen molar-refractivity contribution in [3.63, 3.8) is 0 Å². The molecule has 0 radical (unpaired) electrons. The topological polar surface area (TPSA) is 0 Å². The van der Waals surface area contributed by atoms with Crippen molar-refractivity contribution in [1.82, 2.24) is 0 Å². The summed E-state index contributed by atoms with van der Waals surface area (Å²) in [6.45, 7) is 5.31. The Balaban J connectivity index is 5.26. The van der Waals surface area contributed by atoms with Gasteiger partial charge in [-0.25, -0.2) is 0 Å². The molecule has 0 aromatic rings. The number of hydrogen-bond donors (Lipinski definition) is 0. The molecule has 29 heavy (non-hydrogen) atoms. The maximum absolute atomic E-state index is 2.36. The van der Waals surface area contributed by atoms with Gasteiger partial charge in [-0.15, -0.1) is 0 Å². The SMILES string of the molecule is C[N+](C)(C)CCC[Si](CCC[N+](C)(C)C)(CCC[N+](C)(C)C)CCC[N+](C)(C)C. The average Bonchev–Trinajstić information content (AvgIpc) is 2.41. The first-order valence-electron chi connectivity index (χ1n) is 12.0. The Morgan fingerprint density at radius 3 is 0.655 bits per heavy atom. The van der Waals surface area contributed by atoms with Gasteiger partial charge in [-0.3, -0.25) is 0 Å². The summed E-state index contributed by atoms with van der Waals surface area (Å²) in [5.74, 6) is 0. The Bertz CT molecular complexity index is 350. The highest BCUT2D eigenvalue weighted by molar-refractivity contribution is 6.79. The lowest BCUT2D eigenvalue weighted by molar-refractivity contribution is -0.870. The van der Waals surface area contributed by atoms with E-state index in [2.05, 4.69) is 84.6 Å². The summed E-state index contributed by atoms with van der Waals surface area (Å²) in [6.07, 6.45) is 5.70. The Labute approximate surface area is 186 Å². The van der Waals surface area contributed by atoms with Gasteiger partial charge in [-0.2, -0.15) is 0 Å². The molecular weight excluding hydrogens is 372 g/mol. The molecule has 0 rings (SSSR count). The molecule has 0 aliphatic carbocycles. The standard InChI is InChI=1S/C24H60N4Si/c1-25(2,3)17-13-21-29(22-14-18-26(4,5)6,23-15-19-27(7,8)9)24-16-20-28(10,11)12/h13-24H2,1-12H3/q+4. The first-order valence-corrected chi connectivity index (χ1v) is 14.9. The highest BCUT2D eigenvalue weighted by atomic mass is 28.3. The molecule has 0 heterocycles. The molecule has 0 aliphatic rings. The van der Waals surface area contributed by atoms with Gasteiger partial charge in [0.1, 0.15) is 0 Å². The molecule has 0 amide bonds. The second-order valence-electron chi connectivity index (χ2n) is 14.0. The van der Waals surface area contributed by atoms with E-state index in [-0.39, 0.29) is 0 Å². The van der Waals surface area contributed by atoms with Crippen LogP contribution in [0.15, 0.2) is 0 Å². The van der Waals surface area contributed by atoms with E-state index in [4.69, 9.17) is 0 Å². The first kappa shape index (κ1) is 29.1. The fourth-order valence-corrected chi connectivity index (χ4v) is 9.60. The van der Waals surface area contributed by atoms with Crippen LogP contribution in [0.3, 0.4) is 0 Å². The van der Waals surface area contributed by atoms with Crippen molar-refractivity contribution in [2.75, 3.05) is 111 Å². The molecule has 0 aliphatic heterocycles. The first-order chi connectivity index (χ1) is 12.8. The van der Waals surface area contributed by atoms with Crippen LogP contribution in [-0.2, 0) is 0 Å². The quantitative estimate of drug-likeness (QED) is 0.257. The van der Waals surface area contributed by atoms with E-state index >= 15 is 0 Å². The molecule has 0 fully saturated rings. The predicted octanol–water partition coefficient (Wildman–Crippen LogP) is 3.82. The normalized spacial score (nSPS) is 14.5. The smallest absolute Gasteiger partial charge is 0.0777 e. The van der Waals surface area contributed by atoms with Gasteiger partial charge in [-0.1, -0.05) is 24.2 Å². The van der Waals surface area contributed by atoms with Crippen molar-refractivity contribution in [3.05, 3.63) is 0 Å². The van der Waals surface area contributed by atoms with Crippen LogP contribution < -0.4 is 0 Å². The van der Waals surface area contributed by atoms with Gasteiger partial charge in [-0.05, 0) is 25.7 Å². The van der Waals surface area contributed by atoms with E-state index in [1.807, 2.05) is 0 Å². The molecule has 0 saturated heterocycles. The molecule has 5 heteroatoms. The lowest BCUT2D eigenvalue weighted by Gasteiger charge is -2.36. The van der Waals surface area contributed by atoms with E-state index in [1.165, 1.54) is 51.9 Å². The van der Waals surface area contributed by atoms with Crippen molar-refractivity contribution in [1.29, 1.82) is 0 Å². The second-order valence-corrected chi connectivity index (χ2v) is 19.0. The summed E-state index contributed by atoms with van der Waals surface area (Å²) < 4.78 is 4.45. The molecule has 0 aromatic heterocycles. The van der Waals surface area contributed by atoms with Crippen LogP contribution in [0.2, 0.25) is 24.2 Å². The Kier molecular flexibility index (Phi) is 11.6. The van der Waals surface area contributed by atoms with Gasteiger partial charge >= 0.3 is 0 Å². The summed E-state index contributed by atoms with van der Waals surface area (Å²) in [5, 5.41) is 0. The monoisotopic (exact) mass is 432 g/mol. The van der Waals surface area contributed by atoms with Gasteiger partial charge in [0.05, 0.1) is 119 Å². The number of rotatable bonds is 16. The maximum Gasteiger partial charge on any atom is 0.0777 e. The van der Waals surface area contributed by atoms with Gasteiger partial charge in [0, 0.05) is 0 Å². The van der Waals surface area contributed by atoms with Crippen LogP contribution >= 0.6 is 0 Å². The van der Waals surface area contributed by atoms with Crippen molar-refractivity contribution in [2.45, 2.75) is 49.9 Å². The van der Waals surface area contributed by atoms with E-state index in [0.717, 1.165) is 17.9 Å². The largest absolute Gasteiger partial charge is 0.331 e. The fraction of sp³-hybridized carbons (Fsp3) is 1.00. The lowest BCUT2D eigenvalue weighted by Crippen LogP contribution is -2.43. The minimum atomic E-state index is -1.23. The van der Waals surface area contributed by atoms with Crippen molar-refractivity contribution in [3.8, 4) is 0 Å². The van der Waals surface area contributed by atoms with Crippen LogP contribution in [-0.4, -0.2) is 137 Å². The van der Waals surface area contributed by atoms with Crippen molar-refractivity contribution in [2.24, 2.45) is 0 Å². The molecule has 0 atom stereocenters. The van der Waals surface area contributed by atoms with Crippen molar-refractivity contribution >= 4 is 8.07 Å². The molecule has 0 aromatic carbocycles. The zero-order valence-electron chi connectivity index (χ0n) is 22.8. The maximum atomic E-state index is 2.36. The highest BCUT2D eigenvalue weighted by Gasteiger charge is 2.33. The third-order valence-electron chi connectivity index (χ3n) is 6.14. The summed E-state index contributed by atoms with van der Waals surface area (Å²) in [5.41, 5.74) is 0. The summed E-state index contributed by atoms with van der Waals surface area (Å²) in [7, 11) is 27.0. The summed E-state index contributed by atoms with van der Waals surface area (Å²) in [4.78, 5) is 0. The summed E-state index contributed by atoms with van der Waals surface area (Å²) >= 11 is 0. The number of hydrogen-bond acceptors (Lipinski definition) is 0. The van der Waals surface area contributed by atoms with E-state index in [1.54, 1.807) is 24.2 Å². The molecule has 0 bridgehead atoms. The van der Waals surface area contributed by atoms with Gasteiger partial charge in [0.2, 0.25) is 0 Å². The minimum Gasteiger partial charge on any atom is -0.331 e. The average molecular weight is 433 g/mol. The molecule has 0 unspecified atom stereocenters. The van der Waals surface area contributed by atoms with Crippen molar-refractivity contribution < 1.29 is 17.9 Å². The number of quaternary nitrogens is 4. The Morgan fingerprint density at radius 1 is 0.345 bits per heavy atom. The van der Waals surface area contributed by atoms with Crippen LogP contribution in [0.5, 0.6) is 0 Å². The minimum absolute atomic E-state index is 1.11. The van der Waals surface area contributed by atoms with Crippen LogP contribution in [0.1, 0.15) is 25.7 Å². The molecule has 0 N–H and O–H groups in total. The third-order valence-corrected chi connectivity index (χ3v) is 11.8. The molecular formula is C24H60N4Si+4. The number of nitrogens with zero attached hydrogens (tertiary/aromatic N) is 4. The Morgan fingerprint density at radius 2 is 0.517 bits per heavy atom. The van der Waals surface area contributed by atoms with Crippen LogP contribution in [0.25, 0.3) is 0 Å². The van der Waals surface area contributed by atoms with E-state index in [0.29, 0.717) is 0 Å². The summed E-state index contributed by atoms with van der Waals surface area (Å²) in [6, 6.07) is 6.20. The van der Waals surface area contributed by atoms with E-state index in [9.17, 15) is 0 Å². The van der Waals surface area contributed by atoms with E-state index < -0.39 is 8.07 Å². The zero-order chi connectivity index (χ0) is 23.0. The van der Waals surface area contributed by atoms with Gasteiger partial charge in [0.25, 0.3) is 0 Å². The lowest BCUT2D eigenvalue weighted by atomic mass is 10.4. The predicted molar refractivity (Wildman–Crippen MR) is 135 cm³/mol. The second kappa shape index (κ2) is 11.6. The van der Waals surface area contributed by atoms with Gasteiger partial charge < -0.3 is 17.9 Å². The molecule has 4 nitrogen and oxygen atoms in total. The molecule has 0 saturated carbocycles. The molecule has 0 spiro atoms. The fourth-order valence-electron chi connectivity index (χ4n) is 4.46. The van der Waals surface area contributed by atoms with Gasteiger partial charge in [0.15, 0.2) is 0 Å². The highest BCUT2D eigenvalue weighted by Crippen LogP contribution is 2.33. The zero-order valence-corrected chi connectivity index (χ0v) is 23.8. The molecule has 176 valence electrons. The Hall–Kier alpha value is 0.0569. The third kappa shape index (κ3) is 18.5.